The molecule has 0 aliphatic heterocycles. The molecule has 0 heteroatoms. The summed E-state index contributed by atoms with van der Waals surface area (Å²) in [5, 5.41) is 0. The molecule has 162 valence electrons. The minimum Gasteiger partial charge on any atom is -0.0729 e. The van der Waals surface area contributed by atoms with E-state index < -0.39 is 0 Å². The van der Waals surface area contributed by atoms with Gasteiger partial charge in [-0.1, -0.05) is 133 Å². The van der Waals surface area contributed by atoms with Crippen molar-refractivity contribution in [2.75, 3.05) is 0 Å². The fraction of sp³-hybridized carbons (Fsp3) is 0.312. The molecule has 2 aliphatic rings. The molecule has 0 nitrogen and oxygen atoms in total. The van der Waals surface area contributed by atoms with Crippen molar-refractivity contribution in [3.05, 3.63) is 130 Å². The minimum atomic E-state index is -0.273. The smallest absolute Gasteiger partial charge is 0.0679 e. The Morgan fingerprint density at radius 1 is 0.688 bits per heavy atom. The van der Waals surface area contributed by atoms with Crippen LogP contribution in [0.15, 0.2) is 96.6 Å². The molecule has 3 aromatic rings. The molecule has 0 heterocycles. The Balaban J connectivity index is 1.98. The van der Waals surface area contributed by atoms with E-state index in [0.717, 1.165) is 0 Å². The average Bonchev–Trinajstić information content (AvgIpc) is 3.33. The Hall–Kier alpha value is -2.86. The van der Waals surface area contributed by atoms with E-state index in [-0.39, 0.29) is 16.2 Å². The minimum absolute atomic E-state index is 0.0308. The van der Waals surface area contributed by atoms with Gasteiger partial charge >= 0.3 is 0 Å². The molecule has 0 saturated heterocycles. The third kappa shape index (κ3) is 2.96. The van der Waals surface area contributed by atoms with Crippen LogP contribution in [-0.4, -0.2) is 0 Å². The van der Waals surface area contributed by atoms with Gasteiger partial charge in [0.25, 0.3) is 0 Å². The van der Waals surface area contributed by atoms with Crippen molar-refractivity contribution in [3.63, 3.8) is 0 Å². The second kappa shape index (κ2) is 7.07. The number of rotatable bonds is 2. The number of hydrogen-bond acceptors (Lipinski definition) is 0. The highest BCUT2D eigenvalue weighted by atomic mass is 14.5. The standard InChI is InChI=1S/C32H34/c1-30(2,3)24-20-26-25-18-13-19-27(25)32(22-14-9-7-10-15-22,23-16-11-8-12-17-23)29(26)28(21-24)31(4,5)6/h7-21,25H,1-6H3. The highest BCUT2D eigenvalue weighted by molar-refractivity contribution is 5.74. The first kappa shape index (κ1) is 21.0. The summed E-state index contributed by atoms with van der Waals surface area (Å²) >= 11 is 0. The van der Waals surface area contributed by atoms with Gasteiger partial charge in [0.1, 0.15) is 0 Å². The molecule has 1 atom stereocenters. The van der Waals surface area contributed by atoms with Gasteiger partial charge in [0.05, 0.1) is 5.41 Å². The molecule has 0 bridgehead atoms. The SMILES string of the molecule is CC(C)(C)c1cc2c(c(C(C)(C)C)c1)C(c1ccccc1)(c1ccccc1)C1=CC=CC12. The lowest BCUT2D eigenvalue weighted by atomic mass is 9.64. The first-order valence-electron chi connectivity index (χ1n) is 11.8. The average molecular weight is 419 g/mol. The summed E-state index contributed by atoms with van der Waals surface area (Å²) in [4.78, 5) is 0. The second-order valence-corrected chi connectivity index (χ2v) is 11.5. The van der Waals surface area contributed by atoms with Crippen molar-refractivity contribution in [2.45, 2.75) is 63.7 Å². The summed E-state index contributed by atoms with van der Waals surface area (Å²) in [5.74, 6) is 0.328. The second-order valence-electron chi connectivity index (χ2n) is 11.5. The largest absolute Gasteiger partial charge is 0.0729 e. The van der Waals surface area contributed by atoms with E-state index in [1.54, 1.807) is 0 Å². The van der Waals surface area contributed by atoms with Crippen LogP contribution in [0.4, 0.5) is 0 Å². The van der Waals surface area contributed by atoms with Crippen LogP contribution >= 0.6 is 0 Å². The van der Waals surface area contributed by atoms with Crippen molar-refractivity contribution in [1.82, 2.24) is 0 Å². The van der Waals surface area contributed by atoms with Crippen LogP contribution in [0.25, 0.3) is 0 Å². The lowest BCUT2D eigenvalue weighted by Gasteiger charge is -2.38. The van der Waals surface area contributed by atoms with Gasteiger partial charge in [0, 0.05) is 5.92 Å². The molecule has 0 N–H and O–H groups in total. The van der Waals surface area contributed by atoms with Gasteiger partial charge in [-0.2, -0.15) is 0 Å². The molecule has 0 radical (unpaired) electrons. The molecule has 3 aromatic carbocycles. The molecule has 0 saturated carbocycles. The summed E-state index contributed by atoms with van der Waals surface area (Å²) in [7, 11) is 0. The van der Waals surface area contributed by atoms with Crippen LogP contribution < -0.4 is 0 Å². The topological polar surface area (TPSA) is 0 Å². The van der Waals surface area contributed by atoms with E-state index in [1.165, 1.54) is 39.0 Å². The lowest BCUT2D eigenvalue weighted by Crippen LogP contribution is -2.32. The third-order valence-corrected chi connectivity index (χ3v) is 7.31. The molecular weight excluding hydrogens is 384 g/mol. The number of benzene rings is 3. The number of fused-ring (bicyclic) bond motifs is 3. The quantitative estimate of drug-likeness (QED) is 0.393. The first-order valence-corrected chi connectivity index (χ1v) is 11.8. The van der Waals surface area contributed by atoms with Gasteiger partial charge in [-0.05, 0) is 49.8 Å². The Morgan fingerprint density at radius 2 is 1.25 bits per heavy atom. The molecule has 1 unspecified atom stereocenters. The molecule has 0 aromatic heterocycles. The van der Waals surface area contributed by atoms with Crippen LogP contribution in [0.2, 0.25) is 0 Å². The Labute approximate surface area is 193 Å². The van der Waals surface area contributed by atoms with E-state index in [2.05, 4.69) is 133 Å². The molecule has 0 amide bonds. The van der Waals surface area contributed by atoms with Crippen molar-refractivity contribution < 1.29 is 0 Å². The van der Waals surface area contributed by atoms with Gasteiger partial charge in [-0.25, -0.2) is 0 Å². The van der Waals surface area contributed by atoms with Crippen molar-refractivity contribution >= 4 is 0 Å². The van der Waals surface area contributed by atoms with E-state index in [1.807, 2.05) is 0 Å². The summed E-state index contributed by atoms with van der Waals surface area (Å²) in [6.45, 7) is 14.1. The molecular formula is C32H34. The highest BCUT2D eigenvalue weighted by Crippen LogP contribution is 2.61. The molecule has 5 rings (SSSR count). The predicted octanol–water partition coefficient (Wildman–Crippen LogP) is 8.21. The Kier molecular flexibility index (Phi) is 4.64. The van der Waals surface area contributed by atoms with Crippen LogP contribution in [0.5, 0.6) is 0 Å². The van der Waals surface area contributed by atoms with Crippen LogP contribution in [-0.2, 0) is 16.2 Å². The van der Waals surface area contributed by atoms with Crippen LogP contribution in [0.1, 0.15) is 80.8 Å². The van der Waals surface area contributed by atoms with Crippen molar-refractivity contribution in [3.8, 4) is 0 Å². The number of hydrogen-bond donors (Lipinski definition) is 0. The summed E-state index contributed by atoms with van der Waals surface area (Å²) in [6.07, 6.45) is 7.05. The van der Waals surface area contributed by atoms with E-state index in [0.29, 0.717) is 5.92 Å². The third-order valence-electron chi connectivity index (χ3n) is 7.31. The molecule has 2 aliphatic carbocycles. The summed E-state index contributed by atoms with van der Waals surface area (Å²) in [5.41, 5.74) is 9.94. The maximum absolute atomic E-state index is 2.51. The zero-order valence-electron chi connectivity index (χ0n) is 20.2. The molecule has 32 heavy (non-hydrogen) atoms. The normalized spacial score (nSPS) is 18.9. The predicted molar refractivity (Wildman–Crippen MR) is 137 cm³/mol. The summed E-state index contributed by atoms with van der Waals surface area (Å²) < 4.78 is 0. The fourth-order valence-corrected chi connectivity index (χ4v) is 5.77. The van der Waals surface area contributed by atoms with Crippen LogP contribution in [0, 0.1) is 0 Å². The molecule has 0 fully saturated rings. The van der Waals surface area contributed by atoms with E-state index in [4.69, 9.17) is 0 Å². The highest BCUT2D eigenvalue weighted by Gasteiger charge is 2.52. The Morgan fingerprint density at radius 3 is 1.75 bits per heavy atom. The lowest BCUT2D eigenvalue weighted by molar-refractivity contribution is 0.556. The van der Waals surface area contributed by atoms with Gasteiger partial charge in [0.15, 0.2) is 0 Å². The van der Waals surface area contributed by atoms with Crippen molar-refractivity contribution in [1.29, 1.82) is 0 Å². The fourth-order valence-electron chi connectivity index (χ4n) is 5.77. The van der Waals surface area contributed by atoms with E-state index >= 15 is 0 Å². The zero-order chi connectivity index (χ0) is 22.7. The molecule has 0 spiro atoms. The zero-order valence-corrected chi connectivity index (χ0v) is 20.2. The van der Waals surface area contributed by atoms with E-state index in [9.17, 15) is 0 Å². The van der Waals surface area contributed by atoms with Gasteiger partial charge in [-0.15, -0.1) is 0 Å². The maximum Gasteiger partial charge on any atom is 0.0679 e. The number of allylic oxidation sites excluding steroid dienone is 4. The summed E-state index contributed by atoms with van der Waals surface area (Å²) in [6, 6.07) is 27.3. The van der Waals surface area contributed by atoms with Gasteiger partial charge < -0.3 is 0 Å². The van der Waals surface area contributed by atoms with Crippen molar-refractivity contribution in [2.24, 2.45) is 0 Å². The maximum atomic E-state index is 2.51. The first-order chi connectivity index (χ1) is 15.1. The van der Waals surface area contributed by atoms with Gasteiger partial charge in [0.2, 0.25) is 0 Å². The Bertz CT molecular complexity index is 1170. The van der Waals surface area contributed by atoms with Crippen LogP contribution in [0.3, 0.4) is 0 Å². The monoisotopic (exact) mass is 418 g/mol. The van der Waals surface area contributed by atoms with Gasteiger partial charge in [-0.3, -0.25) is 0 Å².